The van der Waals surface area contributed by atoms with E-state index in [0.29, 0.717) is 10.6 Å². The molecule has 0 saturated heterocycles. The quantitative estimate of drug-likeness (QED) is 0.817. The van der Waals surface area contributed by atoms with E-state index in [9.17, 15) is 9.18 Å². The van der Waals surface area contributed by atoms with Gasteiger partial charge in [-0.1, -0.05) is 17.7 Å². The van der Waals surface area contributed by atoms with Gasteiger partial charge in [-0.3, -0.25) is 4.79 Å². The van der Waals surface area contributed by atoms with E-state index in [-0.39, 0.29) is 11.4 Å². The van der Waals surface area contributed by atoms with Crippen molar-refractivity contribution < 1.29 is 14.3 Å². The van der Waals surface area contributed by atoms with Crippen LogP contribution in [0.4, 0.5) is 10.1 Å². The Labute approximate surface area is 108 Å². The molecule has 0 aromatic heterocycles. The number of hydrogen-bond donors (Lipinski definition) is 2. The maximum atomic E-state index is 13.4. The largest absolute Gasteiger partial charge is 0.508 e. The molecule has 3 nitrogen and oxygen atoms in total. The molecule has 2 aromatic carbocycles. The van der Waals surface area contributed by atoms with Crippen LogP contribution in [0.5, 0.6) is 5.75 Å². The lowest BCUT2D eigenvalue weighted by Gasteiger charge is -2.06. The number of rotatable bonds is 2. The van der Waals surface area contributed by atoms with Crippen LogP contribution in [0.2, 0.25) is 5.02 Å². The monoisotopic (exact) mass is 265 g/mol. The molecule has 0 aliphatic heterocycles. The van der Waals surface area contributed by atoms with E-state index in [1.165, 1.54) is 18.2 Å². The number of amides is 1. The fraction of sp³-hybridized carbons (Fsp3) is 0. The van der Waals surface area contributed by atoms with Crippen LogP contribution in [-0.2, 0) is 0 Å². The predicted molar refractivity (Wildman–Crippen MR) is 67.5 cm³/mol. The van der Waals surface area contributed by atoms with Gasteiger partial charge in [-0.25, -0.2) is 4.39 Å². The van der Waals surface area contributed by atoms with E-state index in [1.807, 2.05) is 0 Å². The maximum Gasteiger partial charge on any atom is 0.255 e. The summed E-state index contributed by atoms with van der Waals surface area (Å²) < 4.78 is 13.4. The number of phenols is 1. The number of nitrogens with one attached hydrogen (secondary N) is 1. The van der Waals surface area contributed by atoms with Crippen LogP contribution in [0, 0.1) is 5.82 Å². The SMILES string of the molecule is O=C(Nc1ccc(O)cc1F)c1cccc(Cl)c1. The number of hydrogen-bond acceptors (Lipinski definition) is 2. The van der Waals surface area contributed by atoms with Crippen LogP contribution in [0.15, 0.2) is 42.5 Å². The highest BCUT2D eigenvalue weighted by Crippen LogP contribution is 2.20. The zero-order valence-electron chi connectivity index (χ0n) is 9.15. The van der Waals surface area contributed by atoms with Crippen molar-refractivity contribution in [2.45, 2.75) is 0 Å². The minimum absolute atomic E-state index is 0.00206. The molecule has 0 heterocycles. The second-order valence-electron chi connectivity index (χ2n) is 3.63. The van der Waals surface area contributed by atoms with Gasteiger partial charge in [0.2, 0.25) is 0 Å². The topological polar surface area (TPSA) is 49.3 Å². The van der Waals surface area contributed by atoms with Crippen molar-refractivity contribution in [2.75, 3.05) is 5.32 Å². The number of carbonyl (C=O) groups is 1. The summed E-state index contributed by atoms with van der Waals surface area (Å²) >= 11 is 5.76. The van der Waals surface area contributed by atoms with Crippen LogP contribution in [0.25, 0.3) is 0 Å². The summed E-state index contributed by atoms with van der Waals surface area (Å²) in [4.78, 5) is 11.8. The first-order chi connectivity index (χ1) is 8.56. The van der Waals surface area contributed by atoms with Crippen LogP contribution in [-0.4, -0.2) is 11.0 Å². The molecule has 18 heavy (non-hydrogen) atoms. The van der Waals surface area contributed by atoms with Crippen molar-refractivity contribution in [3.63, 3.8) is 0 Å². The number of anilines is 1. The molecule has 0 aliphatic rings. The van der Waals surface area contributed by atoms with Crippen LogP contribution >= 0.6 is 11.6 Å². The van der Waals surface area contributed by atoms with Crippen molar-refractivity contribution in [3.05, 3.63) is 58.9 Å². The second-order valence-corrected chi connectivity index (χ2v) is 4.07. The predicted octanol–water partition coefficient (Wildman–Crippen LogP) is 3.44. The third kappa shape index (κ3) is 2.78. The molecule has 2 aromatic rings. The van der Waals surface area contributed by atoms with Crippen LogP contribution in [0.3, 0.4) is 0 Å². The first-order valence-electron chi connectivity index (χ1n) is 5.12. The molecule has 0 unspecified atom stereocenters. The molecule has 2 N–H and O–H groups in total. The Kier molecular flexibility index (Phi) is 3.48. The Hall–Kier alpha value is -2.07. The highest BCUT2D eigenvalue weighted by molar-refractivity contribution is 6.31. The Balaban J connectivity index is 2.21. The average Bonchev–Trinajstić information content (AvgIpc) is 2.32. The molecule has 0 fully saturated rings. The first-order valence-corrected chi connectivity index (χ1v) is 5.49. The summed E-state index contributed by atoms with van der Waals surface area (Å²) in [7, 11) is 0. The Morgan fingerprint density at radius 2 is 2.00 bits per heavy atom. The molecule has 92 valence electrons. The lowest BCUT2D eigenvalue weighted by molar-refractivity contribution is 0.102. The van der Waals surface area contributed by atoms with Crippen molar-refractivity contribution in [2.24, 2.45) is 0 Å². The van der Waals surface area contributed by atoms with Gasteiger partial charge in [-0.2, -0.15) is 0 Å². The van der Waals surface area contributed by atoms with Gasteiger partial charge in [-0.15, -0.1) is 0 Å². The molecule has 0 spiro atoms. The lowest BCUT2D eigenvalue weighted by Crippen LogP contribution is -2.12. The number of aromatic hydroxyl groups is 1. The van der Waals surface area contributed by atoms with Crippen molar-refractivity contribution >= 4 is 23.2 Å². The van der Waals surface area contributed by atoms with Crippen molar-refractivity contribution in [1.82, 2.24) is 0 Å². The van der Waals surface area contributed by atoms with Crippen LogP contribution in [0.1, 0.15) is 10.4 Å². The Morgan fingerprint density at radius 3 is 2.67 bits per heavy atom. The van der Waals surface area contributed by atoms with E-state index in [0.717, 1.165) is 6.07 Å². The van der Waals surface area contributed by atoms with Gasteiger partial charge in [-0.05, 0) is 30.3 Å². The summed E-state index contributed by atoms with van der Waals surface area (Å²) in [6.45, 7) is 0. The van der Waals surface area contributed by atoms with Crippen LogP contribution < -0.4 is 5.32 Å². The Bertz CT molecular complexity index is 601. The van der Waals surface area contributed by atoms with E-state index in [4.69, 9.17) is 16.7 Å². The minimum Gasteiger partial charge on any atom is -0.508 e. The molecular weight excluding hydrogens is 257 g/mol. The molecule has 0 aliphatic carbocycles. The molecule has 0 saturated carbocycles. The molecule has 5 heteroatoms. The summed E-state index contributed by atoms with van der Waals surface area (Å²) in [5, 5.41) is 11.9. The molecule has 0 radical (unpaired) electrons. The smallest absolute Gasteiger partial charge is 0.255 e. The third-order valence-electron chi connectivity index (χ3n) is 2.29. The summed E-state index contributed by atoms with van der Waals surface area (Å²) in [5.41, 5.74) is 0.327. The standard InChI is InChI=1S/C13H9ClFNO2/c14-9-3-1-2-8(6-9)13(18)16-12-5-4-10(17)7-11(12)15/h1-7,17H,(H,16,18). The Morgan fingerprint density at radius 1 is 1.22 bits per heavy atom. The molecule has 0 bridgehead atoms. The molecule has 2 rings (SSSR count). The number of benzene rings is 2. The fourth-order valence-corrected chi connectivity index (χ4v) is 1.62. The van der Waals surface area contributed by atoms with Crippen molar-refractivity contribution in [3.8, 4) is 5.75 Å². The van der Waals surface area contributed by atoms with Gasteiger partial charge in [0.15, 0.2) is 0 Å². The first kappa shape index (κ1) is 12.4. The average molecular weight is 266 g/mol. The summed E-state index contributed by atoms with van der Waals surface area (Å²) in [5.74, 6) is -1.37. The van der Waals surface area contributed by atoms with Crippen molar-refractivity contribution in [1.29, 1.82) is 0 Å². The lowest BCUT2D eigenvalue weighted by atomic mass is 10.2. The molecule has 1 amide bonds. The summed E-state index contributed by atoms with van der Waals surface area (Å²) in [6, 6.07) is 9.82. The number of halogens is 2. The van der Waals surface area contributed by atoms with Gasteiger partial charge in [0.1, 0.15) is 11.6 Å². The van der Waals surface area contributed by atoms with E-state index >= 15 is 0 Å². The minimum atomic E-state index is -0.703. The van der Waals surface area contributed by atoms with Gasteiger partial charge in [0.25, 0.3) is 5.91 Å². The maximum absolute atomic E-state index is 13.4. The highest BCUT2D eigenvalue weighted by atomic mass is 35.5. The van der Waals surface area contributed by atoms with E-state index in [2.05, 4.69) is 5.32 Å². The zero-order valence-corrected chi connectivity index (χ0v) is 9.91. The highest BCUT2D eigenvalue weighted by Gasteiger charge is 2.09. The molecule has 0 atom stereocenters. The van der Waals surface area contributed by atoms with E-state index < -0.39 is 11.7 Å². The summed E-state index contributed by atoms with van der Waals surface area (Å²) in [6.07, 6.45) is 0. The van der Waals surface area contributed by atoms with E-state index in [1.54, 1.807) is 18.2 Å². The van der Waals surface area contributed by atoms with Gasteiger partial charge >= 0.3 is 0 Å². The van der Waals surface area contributed by atoms with Gasteiger partial charge < -0.3 is 10.4 Å². The fourth-order valence-electron chi connectivity index (χ4n) is 1.43. The number of carbonyl (C=O) groups excluding carboxylic acids is 1. The van der Waals surface area contributed by atoms with Gasteiger partial charge in [0.05, 0.1) is 5.69 Å². The third-order valence-corrected chi connectivity index (χ3v) is 2.52. The normalized spacial score (nSPS) is 10.1. The second kappa shape index (κ2) is 5.06. The van der Waals surface area contributed by atoms with Gasteiger partial charge in [0, 0.05) is 16.7 Å². The zero-order chi connectivity index (χ0) is 13.1. The molecular formula is C13H9ClFNO2. The number of phenolic OH excluding ortho intramolecular Hbond substituents is 1.